The van der Waals surface area contributed by atoms with Crippen LogP contribution in [-0.4, -0.2) is 18.4 Å². The van der Waals surface area contributed by atoms with Crippen LogP contribution in [0.25, 0.3) is 0 Å². The monoisotopic (exact) mass is 214 g/mol. The van der Waals surface area contributed by atoms with Crippen molar-refractivity contribution in [3.63, 3.8) is 0 Å². The average molecular weight is 214 g/mol. The summed E-state index contributed by atoms with van der Waals surface area (Å²) in [6.45, 7) is 2.98. The van der Waals surface area contributed by atoms with Gasteiger partial charge in [-0.25, -0.2) is 4.99 Å². The van der Waals surface area contributed by atoms with Crippen LogP contribution in [0.4, 0.5) is 0 Å². The molecule has 2 heterocycles. The molecular formula is C14H16NO+. The zero-order chi connectivity index (χ0) is 11.0. The highest BCUT2D eigenvalue weighted by Crippen LogP contribution is 2.33. The minimum Gasteiger partial charge on any atom is -0.376 e. The Labute approximate surface area is 96.4 Å². The van der Waals surface area contributed by atoms with E-state index >= 15 is 0 Å². The molecule has 2 heteroatoms. The molecule has 0 amide bonds. The third-order valence-corrected chi connectivity index (χ3v) is 3.38. The second-order valence-electron chi connectivity index (χ2n) is 4.56. The van der Waals surface area contributed by atoms with Crippen LogP contribution in [0.15, 0.2) is 40.6 Å². The predicted octanol–water partition coefficient (Wildman–Crippen LogP) is 2.84. The first kappa shape index (κ1) is 9.91. The van der Waals surface area contributed by atoms with E-state index in [4.69, 9.17) is 4.74 Å². The second-order valence-corrected chi connectivity index (χ2v) is 4.56. The molecule has 1 aliphatic carbocycles. The fraction of sp³-hybridized carbons (Fsp3) is 0.429. The van der Waals surface area contributed by atoms with Gasteiger partial charge in [0.1, 0.15) is 0 Å². The highest BCUT2D eigenvalue weighted by atomic mass is 16.5. The maximum absolute atomic E-state index is 5.81. The Kier molecular flexibility index (Phi) is 2.44. The Morgan fingerprint density at radius 3 is 3.25 bits per heavy atom. The molecule has 0 aromatic rings. The highest BCUT2D eigenvalue weighted by Gasteiger charge is 2.36. The Morgan fingerprint density at radius 2 is 2.44 bits per heavy atom. The molecule has 1 fully saturated rings. The Hall–Kier alpha value is -1.28. The molecule has 1 saturated heterocycles. The van der Waals surface area contributed by atoms with Crippen molar-refractivity contribution < 1.29 is 4.74 Å². The molecule has 3 rings (SSSR count). The third kappa shape index (κ3) is 1.63. The summed E-state index contributed by atoms with van der Waals surface area (Å²) in [7, 11) is 0. The number of hydrogen-bond donors (Lipinski definition) is 0. The number of hydrogen-bond acceptors (Lipinski definition) is 2. The third-order valence-electron chi connectivity index (χ3n) is 3.38. The molecule has 2 nitrogen and oxygen atoms in total. The van der Waals surface area contributed by atoms with Crippen molar-refractivity contribution in [2.24, 2.45) is 10.9 Å². The SMILES string of the molecule is CC1=CC(C2CCCO2)C2=CC=C[CH+]C2=N1. The van der Waals surface area contributed by atoms with Crippen LogP contribution in [-0.2, 0) is 4.74 Å². The van der Waals surface area contributed by atoms with Crippen LogP contribution < -0.4 is 0 Å². The lowest BCUT2D eigenvalue weighted by Gasteiger charge is -2.23. The summed E-state index contributed by atoms with van der Waals surface area (Å²) in [6, 6.07) is 0. The van der Waals surface area contributed by atoms with E-state index in [0.717, 1.165) is 18.0 Å². The molecular weight excluding hydrogens is 198 g/mol. The smallest absolute Gasteiger partial charge is 0.176 e. The van der Waals surface area contributed by atoms with Gasteiger partial charge in [-0.2, -0.15) is 0 Å². The molecule has 0 bridgehead atoms. The van der Waals surface area contributed by atoms with Crippen molar-refractivity contribution in [3.8, 4) is 0 Å². The Morgan fingerprint density at radius 1 is 1.50 bits per heavy atom. The van der Waals surface area contributed by atoms with Gasteiger partial charge in [0, 0.05) is 18.4 Å². The van der Waals surface area contributed by atoms with Gasteiger partial charge in [0.05, 0.1) is 36.2 Å². The lowest BCUT2D eigenvalue weighted by molar-refractivity contribution is 0.0903. The molecule has 0 radical (unpaired) electrons. The molecule has 0 saturated carbocycles. The molecule has 2 atom stereocenters. The summed E-state index contributed by atoms with van der Waals surface area (Å²) >= 11 is 0. The molecule has 0 N–H and O–H groups in total. The van der Waals surface area contributed by atoms with Crippen molar-refractivity contribution in [1.29, 1.82) is 0 Å². The number of rotatable bonds is 1. The van der Waals surface area contributed by atoms with E-state index in [2.05, 4.69) is 36.6 Å². The minimum atomic E-state index is 0.353. The van der Waals surface area contributed by atoms with Crippen LogP contribution in [0.3, 0.4) is 0 Å². The average Bonchev–Trinajstić information content (AvgIpc) is 2.81. The van der Waals surface area contributed by atoms with Crippen molar-refractivity contribution >= 4 is 5.71 Å². The molecule has 2 aliphatic heterocycles. The quantitative estimate of drug-likeness (QED) is 0.615. The Bertz CT molecular complexity index is 408. The van der Waals surface area contributed by atoms with E-state index in [1.54, 1.807) is 0 Å². The zero-order valence-corrected chi connectivity index (χ0v) is 9.52. The maximum atomic E-state index is 5.81. The minimum absolute atomic E-state index is 0.353. The van der Waals surface area contributed by atoms with Gasteiger partial charge in [0.2, 0.25) is 0 Å². The molecule has 0 aromatic carbocycles. The van der Waals surface area contributed by atoms with E-state index in [1.807, 2.05) is 6.08 Å². The van der Waals surface area contributed by atoms with Crippen molar-refractivity contribution in [2.75, 3.05) is 6.61 Å². The van der Waals surface area contributed by atoms with Gasteiger partial charge < -0.3 is 4.74 Å². The van der Waals surface area contributed by atoms with Gasteiger partial charge in [-0.05, 0) is 25.8 Å². The molecule has 0 spiro atoms. The van der Waals surface area contributed by atoms with E-state index in [9.17, 15) is 0 Å². The number of fused-ring (bicyclic) bond motifs is 1. The first-order valence-electron chi connectivity index (χ1n) is 5.95. The summed E-state index contributed by atoms with van der Waals surface area (Å²) in [5.74, 6) is 0.399. The van der Waals surface area contributed by atoms with E-state index in [-0.39, 0.29) is 0 Å². The van der Waals surface area contributed by atoms with Gasteiger partial charge >= 0.3 is 0 Å². The summed E-state index contributed by atoms with van der Waals surface area (Å²) in [5, 5.41) is 0. The predicted molar refractivity (Wildman–Crippen MR) is 65.2 cm³/mol. The summed E-state index contributed by atoms with van der Waals surface area (Å²) in [6.07, 6.45) is 13.4. The molecule has 0 aromatic heterocycles. The van der Waals surface area contributed by atoms with Gasteiger partial charge in [-0.15, -0.1) is 0 Å². The lowest BCUT2D eigenvalue weighted by Crippen LogP contribution is -2.27. The summed E-state index contributed by atoms with van der Waals surface area (Å²) in [5.41, 5.74) is 3.54. The first-order chi connectivity index (χ1) is 7.84. The first-order valence-corrected chi connectivity index (χ1v) is 5.95. The standard InChI is InChI=1S/C14H16NO/c1-10-9-12(14-7-4-8-16-14)11-5-2-3-6-13(11)15-10/h2-3,5-6,9,12,14H,4,7-8H2,1H3/q+1. The topological polar surface area (TPSA) is 21.6 Å². The van der Waals surface area contributed by atoms with Crippen LogP contribution in [0, 0.1) is 12.3 Å². The highest BCUT2D eigenvalue weighted by molar-refractivity contribution is 6.10. The summed E-state index contributed by atoms with van der Waals surface area (Å²) in [4.78, 5) is 4.57. The van der Waals surface area contributed by atoms with Gasteiger partial charge in [0.15, 0.2) is 5.71 Å². The van der Waals surface area contributed by atoms with Crippen LogP contribution in [0.1, 0.15) is 19.8 Å². The van der Waals surface area contributed by atoms with Crippen molar-refractivity contribution in [3.05, 3.63) is 42.0 Å². The number of aliphatic imine (C=N–C) groups is 1. The van der Waals surface area contributed by atoms with Crippen LogP contribution in [0.5, 0.6) is 0 Å². The van der Waals surface area contributed by atoms with Crippen molar-refractivity contribution in [1.82, 2.24) is 0 Å². The van der Waals surface area contributed by atoms with Crippen molar-refractivity contribution in [2.45, 2.75) is 25.9 Å². The maximum Gasteiger partial charge on any atom is 0.176 e. The van der Waals surface area contributed by atoms with Crippen LogP contribution in [0.2, 0.25) is 0 Å². The van der Waals surface area contributed by atoms with E-state index in [0.29, 0.717) is 12.0 Å². The molecule has 16 heavy (non-hydrogen) atoms. The van der Waals surface area contributed by atoms with Crippen LogP contribution >= 0.6 is 0 Å². The largest absolute Gasteiger partial charge is 0.376 e. The molecule has 82 valence electrons. The van der Waals surface area contributed by atoms with Gasteiger partial charge in [0.25, 0.3) is 0 Å². The Balaban J connectivity index is 1.94. The number of allylic oxidation sites excluding steroid dienone is 4. The number of nitrogens with zero attached hydrogens (tertiary/aromatic N) is 1. The fourth-order valence-corrected chi connectivity index (χ4v) is 2.64. The van der Waals surface area contributed by atoms with Gasteiger partial charge in [-0.1, -0.05) is 0 Å². The van der Waals surface area contributed by atoms with E-state index < -0.39 is 0 Å². The van der Waals surface area contributed by atoms with E-state index in [1.165, 1.54) is 18.4 Å². The summed E-state index contributed by atoms with van der Waals surface area (Å²) < 4.78 is 5.81. The molecule has 2 unspecified atom stereocenters. The number of ether oxygens (including phenoxy) is 1. The second kappa shape index (κ2) is 3.95. The fourth-order valence-electron chi connectivity index (χ4n) is 2.64. The normalized spacial score (nSPS) is 32.4. The lowest BCUT2D eigenvalue weighted by atomic mass is 9.83. The zero-order valence-electron chi connectivity index (χ0n) is 9.52. The van der Waals surface area contributed by atoms with Gasteiger partial charge in [-0.3, -0.25) is 0 Å². The molecule has 3 aliphatic rings.